The summed E-state index contributed by atoms with van der Waals surface area (Å²) in [4.78, 5) is 39.2. The van der Waals surface area contributed by atoms with Crippen LogP contribution in [-0.4, -0.2) is 42.6 Å². The second-order valence-electron chi connectivity index (χ2n) is 9.74. The Balaban J connectivity index is 1.76. The second kappa shape index (κ2) is 9.78. The molecule has 0 aromatic heterocycles. The number of hydrogen-bond acceptors (Lipinski definition) is 6. The lowest BCUT2D eigenvalue weighted by atomic mass is 10.0. The van der Waals surface area contributed by atoms with E-state index in [2.05, 4.69) is 0 Å². The lowest BCUT2D eigenvalue weighted by Gasteiger charge is -2.33. The van der Waals surface area contributed by atoms with Crippen molar-refractivity contribution in [3.05, 3.63) is 52.6 Å². The van der Waals surface area contributed by atoms with Gasteiger partial charge in [-0.1, -0.05) is 18.9 Å². The quantitative estimate of drug-likeness (QED) is 0.328. The molecule has 1 unspecified atom stereocenters. The number of carbonyl (C=O) groups is 3. The number of esters is 1. The van der Waals surface area contributed by atoms with E-state index in [-0.39, 0.29) is 23.1 Å². The van der Waals surface area contributed by atoms with Gasteiger partial charge in [-0.3, -0.25) is 14.4 Å². The van der Waals surface area contributed by atoms with E-state index in [9.17, 15) is 22.8 Å². The molecule has 1 saturated carbocycles. The molecule has 36 heavy (non-hydrogen) atoms. The maximum atomic E-state index is 14.3. The van der Waals surface area contributed by atoms with E-state index in [1.807, 2.05) is 19.9 Å². The van der Waals surface area contributed by atoms with Gasteiger partial charge in [0.05, 0.1) is 17.0 Å². The van der Waals surface area contributed by atoms with E-state index in [4.69, 9.17) is 4.74 Å². The van der Waals surface area contributed by atoms with Crippen LogP contribution in [0.2, 0.25) is 0 Å². The van der Waals surface area contributed by atoms with Crippen LogP contribution < -0.4 is 9.64 Å². The van der Waals surface area contributed by atoms with Crippen molar-refractivity contribution in [2.45, 2.75) is 83.7 Å². The molecular formula is C27H32N2O6S. The Morgan fingerprint density at radius 3 is 2.06 bits per heavy atom. The van der Waals surface area contributed by atoms with E-state index in [0.717, 1.165) is 28.9 Å². The van der Waals surface area contributed by atoms with Gasteiger partial charge in [-0.25, -0.2) is 13.3 Å². The fraction of sp³-hybridized carbons (Fsp3) is 0.444. The van der Waals surface area contributed by atoms with E-state index in [0.29, 0.717) is 29.7 Å². The molecule has 2 fully saturated rings. The number of aryl methyl sites for hydroxylation is 2. The molecule has 2 amide bonds. The Morgan fingerprint density at radius 2 is 1.53 bits per heavy atom. The first-order chi connectivity index (χ1) is 16.9. The maximum Gasteiger partial charge on any atom is 0.308 e. The first-order valence-corrected chi connectivity index (χ1v) is 13.6. The number of ether oxygens (including phenoxy) is 1. The summed E-state index contributed by atoms with van der Waals surface area (Å²) < 4.78 is 34.9. The molecule has 8 nitrogen and oxygen atoms in total. The van der Waals surface area contributed by atoms with E-state index >= 15 is 0 Å². The number of hydrogen-bond donors (Lipinski definition) is 0. The molecule has 0 spiro atoms. The molecule has 0 radical (unpaired) electrons. The van der Waals surface area contributed by atoms with Crippen molar-refractivity contribution in [1.29, 1.82) is 0 Å². The Labute approximate surface area is 212 Å². The molecule has 2 aromatic carbocycles. The first-order valence-electron chi connectivity index (χ1n) is 12.2. The zero-order valence-corrected chi connectivity index (χ0v) is 22.1. The number of carbonyl (C=O) groups excluding carboxylic acids is 3. The number of sulfonamides is 1. The Bertz CT molecular complexity index is 1300. The van der Waals surface area contributed by atoms with Gasteiger partial charge < -0.3 is 4.74 Å². The fourth-order valence-electron chi connectivity index (χ4n) is 5.37. The lowest BCUT2D eigenvalue weighted by Crippen LogP contribution is -2.50. The van der Waals surface area contributed by atoms with Crippen molar-refractivity contribution in [3.8, 4) is 5.75 Å². The highest BCUT2D eigenvalue weighted by Gasteiger charge is 2.50. The Morgan fingerprint density at radius 1 is 0.972 bits per heavy atom. The SMILES string of the molecule is CC(=O)Oc1ccc(N2C(=O)CC(N(C3CCCC3)S(=O)(=O)c3c(C)c(C)cc(C)c3C)C2=O)cc1. The number of rotatable bonds is 6. The predicted molar refractivity (Wildman–Crippen MR) is 135 cm³/mol. The molecule has 1 atom stereocenters. The summed E-state index contributed by atoms with van der Waals surface area (Å²) in [6, 6.07) is 6.54. The molecule has 9 heteroatoms. The number of amides is 2. The van der Waals surface area contributed by atoms with Crippen LogP contribution in [0.15, 0.2) is 35.2 Å². The summed E-state index contributed by atoms with van der Waals surface area (Å²) in [5, 5.41) is 0. The fourth-order valence-corrected chi connectivity index (χ4v) is 7.77. The van der Waals surface area contributed by atoms with Crippen LogP contribution >= 0.6 is 0 Å². The van der Waals surface area contributed by atoms with Crippen molar-refractivity contribution < 1.29 is 27.5 Å². The summed E-state index contributed by atoms with van der Waals surface area (Å²) in [5.74, 6) is -1.21. The molecule has 1 saturated heterocycles. The number of nitrogens with zero attached hydrogens (tertiary/aromatic N) is 2. The van der Waals surface area contributed by atoms with Gasteiger partial charge in [-0.15, -0.1) is 0 Å². The molecule has 192 valence electrons. The molecule has 0 N–H and O–H groups in total. The molecule has 0 bridgehead atoms. The van der Waals surface area contributed by atoms with Crippen molar-refractivity contribution >= 4 is 33.5 Å². The van der Waals surface area contributed by atoms with Gasteiger partial charge in [0.25, 0.3) is 5.91 Å². The van der Waals surface area contributed by atoms with Crippen molar-refractivity contribution in [3.63, 3.8) is 0 Å². The average Bonchev–Trinajstić information content (AvgIpc) is 3.41. The van der Waals surface area contributed by atoms with Crippen LogP contribution in [-0.2, 0) is 24.4 Å². The highest BCUT2D eigenvalue weighted by atomic mass is 32.2. The monoisotopic (exact) mass is 512 g/mol. The van der Waals surface area contributed by atoms with Crippen LogP contribution in [0.4, 0.5) is 5.69 Å². The average molecular weight is 513 g/mol. The minimum Gasteiger partial charge on any atom is -0.427 e. The zero-order chi connectivity index (χ0) is 26.4. The molecule has 4 rings (SSSR count). The van der Waals surface area contributed by atoms with Crippen molar-refractivity contribution in [2.75, 3.05) is 4.90 Å². The summed E-state index contributed by atoms with van der Waals surface area (Å²) in [6.45, 7) is 8.63. The van der Waals surface area contributed by atoms with Crippen LogP contribution in [0.25, 0.3) is 0 Å². The minimum atomic E-state index is -4.08. The predicted octanol–water partition coefficient (Wildman–Crippen LogP) is 4.11. The molecule has 2 aromatic rings. The van der Waals surface area contributed by atoms with Crippen LogP contribution in [0.5, 0.6) is 5.75 Å². The Kier molecular flexibility index (Phi) is 7.07. The van der Waals surface area contributed by atoms with Gasteiger partial charge in [0.2, 0.25) is 15.9 Å². The number of anilines is 1. The third kappa shape index (κ3) is 4.57. The third-order valence-corrected chi connectivity index (χ3v) is 9.54. The standard InChI is InChI=1S/C27H32N2O6S/c1-16-14-17(2)19(4)26(18(16)3)36(33,34)29(22-8-6-7-9-22)24-15-25(31)28(27(24)32)21-10-12-23(13-11-21)35-20(5)30/h10-14,22,24H,6-9,15H2,1-5H3. The number of benzene rings is 2. The summed E-state index contributed by atoms with van der Waals surface area (Å²) in [6.07, 6.45) is 2.83. The lowest BCUT2D eigenvalue weighted by molar-refractivity contribution is -0.132. The van der Waals surface area contributed by atoms with Crippen molar-refractivity contribution in [1.82, 2.24) is 4.31 Å². The van der Waals surface area contributed by atoms with Gasteiger partial charge in [0, 0.05) is 13.0 Å². The normalized spacial score (nSPS) is 18.9. The van der Waals surface area contributed by atoms with E-state index in [1.54, 1.807) is 13.8 Å². The second-order valence-corrected chi connectivity index (χ2v) is 11.5. The van der Waals surface area contributed by atoms with Crippen LogP contribution in [0.3, 0.4) is 0 Å². The topological polar surface area (TPSA) is 101 Å². The number of imide groups is 1. The minimum absolute atomic E-state index is 0.219. The van der Waals surface area contributed by atoms with Crippen LogP contribution in [0, 0.1) is 27.7 Å². The van der Waals surface area contributed by atoms with Gasteiger partial charge in [-0.05, 0) is 87.1 Å². The third-order valence-electron chi connectivity index (χ3n) is 7.30. The largest absolute Gasteiger partial charge is 0.427 e. The smallest absolute Gasteiger partial charge is 0.308 e. The summed E-state index contributed by atoms with van der Waals surface area (Å²) in [5.41, 5.74) is 3.37. The van der Waals surface area contributed by atoms with Crippen LogP contribution in [0.1, 0.15) is 61.3 Å². The molecule has 2 aliphatic rings. The molecule has 1 aliphatic heterocycles. The zero-order valence-electron chi connectivity index (χ0n) is 21.3. The van der Waals surface area contributed by atoms with Gasteiger partial charge >= 0.3 is 5.97 Å². The maximum absolute atomic E-state index is 14.3. The summed E-state index contributed by atoms with van der Waals surface area (Å²) in [7, 11) is -4.08. The van der Waals surface area contributed by atoms with Gasteiger partial charge in [0.15, 0.2) is 0 Å². The Hall–Kier alpha value is -3.04. The van der Waals surface area contributed by atoms with Gasteiger partial charge in [0.1, 0.15) is 11.8 Å². The molecule has 1 aliphatic carbocycles. The van der Waals surface area contributed by atoms with Crippen molar-refractivity contribution in [2.24, 2.45) is 0 Å². The first kappa shape index (κ1) is 26.0. The summed E-state index contributed by atoms with van der Waals surface area (Å²) >= 11 is 0. The highest BCUT2D eigenvalue weighted by Crippen LogP contribution is 2.38. The molecular weight excluding hydrogens is 480 g/mol. The molecule has 1 heterocycles. The van der Waals surface area contributed by atoms with E-state index < -0.39 is 33.8 Å². The highest BCUT2D eigenvalue weighted by molar-refractivity contribution is 7.89. The van der Waals surface area contributed by atoms with E-state index in [1.165, 1.54) is 35.5 Å². The van der Waals surface area contributed by atoms with Gasteiger partial charge in [-0.2, -0.15) is 4.31 Å².